The molecule has 0 heterocycles. The van der Waals surface area contributed by atoms with Crippen LogP contribution in [0.4, 0.5) is 0 Å². The summed E-state index contributed by atoms with van der Waals surface area (Å²) in [6, 6.07) is 6.50. The number of esters is 1. The van der Waals surface area contributed by atoms with E-state index in [-0.39, 0.29) is 19.1 Å². The molecule has 5 radical (unpaired) electrons. The Kier molecular flexibility index (Phi) is 8.30. The summed E-state index contributed by atoms with van der Waals surface area (Å²) in [5.74, 6) is -0.204. The van der Waals surface area contributed by atoms with Gasteiger partial charge in [0.15, 0.2) is 0 Å². The Morgan fingerprint density at radius 3 is 2.52 bits per heavy atom. The number of benzene rings is 1. The highest BCUT2D eigenvalue weighted by atomic mass is 16.5. The SMILES string of the molecule is CCC[C@H](NC(=O)CNC(=O)c1cccc([C]2[CH][CH][CH][CH]2)c1)C(=O)OCC. The van der Waals surface area contributed by atoms with Crippen molar-refractivity contribution in [2.45, 2.75) is 32.7 Å². The molecule has 1 aliphatic rings. The standard InChI is InChI=1S/C21H25N2O4/c1-3-8-18(21(26)27-4-2)23-19(24)14-22-20(25)17-12-7-11-16(13-17)15-9-5-6-10-15/h5-7,9-13,18H,3-4,8,14H2,1-2H3,(H,22,25)(H,23,24)/t18-/m0/s1. The molecule has 1 atom stereocenters. The third kappa shape index (κ3) is 6.38. The molecule has 2 rings (SSSR count). The fourth-order valence-corrected chi connectivity index (χ4v) is 2.69. The van der Waals surface area contributed by atoms with Crippen LogP contribution in [0.2, 0.25) is 0 Å². The van der Waals surface area contributed by atoms with Crippen molar-refractivity contribution < 1.29 is 19.1 Å². The smallest absolute Gasteiger partial charge is 0.328 e. The summed E-state index contributed by atoms with van der Waals surface area (Å²) in [6.45, 7) is 3.68. The number of hydrogen-bond donors (Lipinski definition) is 2. The molecule has 27 heavy (non-hydrogen) atoms. The first-order valence-corrected chi connectivity index (χ1v) is 9.11. The van der Waals surface area contributed by atoms with E-state index < -0.39 is 17.9 Å². The molecule has 1 fully saturated rings. The Hall–Kier alpha value is -2.37. The maximum absolute atomic E-state index is 12.3. The zero-order valence-electron chi connectivity index (χ0n) is 15.7. The Balaban J connectivity index is 1.87. The summed E-state index contributed by atoms with van der Waals surface area (Å²) >= 11 is 0. The minimum absolute atomic E-state index is 0.209. The lowest BCUT2D eigenvalue weighted by atomic mass is 9.96. The normalized spacial score (nSPS) is 15.2. The zero-order valence-corrected chi connectivity index (χ0v) is 15.7. The van der Waals surface area contributed by atoms with Crippen LogP contribution < -0.4 is 10.6 Å². The van der Waals surface area contributed by atoms with Crippen molar-refractivity contribution in [1.29, 1.82) is 0 Å². The molecule has 2 N–H and O–H groups in total. The number of carbonyl (C=O) groups is 3. The highest BCUT2D eigenvalue weighted by Crippen LogP contribution is 2.30. The Bertz CT molecular complexity index is 653. The van der Waals surface area contributed by atoms with Crippen LogP contribution in [-0.2, 0) is 14.3 Å². The Morgan fingerprint density at radius 1 is 1.11 bits per heavy atom. The largest absolute Gasteiger partial charge is 0.464 e. The van der Waals surface area contributed by atoms with Crippen molar-refractivity contribution in [3.05, 3.63) is 67.0 Å². The first kappa shape index (κ1) is 20.9. The summed E-state index contributed by atoms with van der Waals surface area (Å²) in [5.41, 5.74) is 1.40. The Morgan fingerprint density at radius 2 is 1.85 bits per heavy atom. The number of ether oxygens (including phenoxy) is 1. The van der Waals surface area contributed by atoms with Gasteiger partial charge in [0.2, 0.25) is 5.91 Å². The van der Waals surface area contributed by atoms with Crippen LogP contribution in [0.3, 0.4) is 0 Å². The Labute approximate surface area is 161 Å². The summed E-state index contributed by atoms with van der Waals surface area (Å²) in [6.07, 6.45) is 9.01. The molecule has 1 saturated carbocycles. The molecule has 6 heteroatoms. The average molecular weight is 369 g/mol. The van der Waals surface area contributed by atoms with Gasteiger partial charge in [-0.15, -0.1) is 0 Å². The van der Waals surface area contributed by atoms with Gasteiger partial charge in [-0.05, 0) is 56.7 Å². The van der Waals surface area contributed by atoms with E-state index in [1.165, 1.54) is 0 Å². The van der Waals surface area contributed by atoms with Crippen LogP contribution in [0.1, 0.15) is 42.6 Å². The van der Waals surface area contributed by atoms with Crippen molar-refractivity contribution in [3.8, 4) is 0 Å². The number of nitrogens with one attached hydrogen (secondary N) is 2. The monoisotopic (exact) mass is 369 g/mol. The molecule has 0 saturated heterocycles. The van der Waals surface area contributed by atoms with Crippen LogP contribution in [-0.4, -0.2) is 37.0 Å². The quantitative estimate of drug-likeness (QED) is 0.652. The van der Waals surface area contributed by atoms with Crippen LogP contribution in [0.5, 0.6) is 0 Å². The minimum atomic E-state index is -0.694. The van der Waals surface area contributed by atoms with Crippen LogP contribution in [0.15, 0.2) is 24.3 Å². The number of carbonyl (C=O) groups excluding carboxylic acids is 3. The van der Waals surface area contributed by atoms with Gasteiger partial charge >= 0.3 is 5.97 Å². The van der Waals surface area contributed by atoms with Gasteiger partial charge in [0.05, 0.1) is 13.2 Å². The van der Waals surface area contributed by atoms with Gasteiger partial charge in [0.25, 0.3) is 5.91 Å². The van der Waals surface area contributed by atoms with Gasteiger partial charge < -0.3 is 15.4 Å². The highest BCUT2D eigenvalue weighted by Gasteiger charge is 2.22. The van der Waals surface area contributed by atoms with Gasteiger partial charge in [-0.2, -0.15) is 0 Å². The second kappa shape index (κ2) is 10.7. The first-order valence-electron chi connectivity index (χ1n) is 9.11. The lowest BCUT2D eigenvalue weighted by molar-refractivity contribution is -0.147. The number of hydrogen-bond acceptors (Lipinski definition) is 4. The predicted octanol–water partition coefficient (Wildman–Crippen LogP) is 2.02. The molecule has 6 nitrogen and oxygen atoms in total. The van der Waals surface area contributed by atoms with Crippen molar-refractivity contribution in [2.24, 2.45) is 0 Å². The van der Waals surface area contributed by atoms with Crippen LogP contribution >= 0.6 is 0 Å². The third-order valence-electron chi connectivity index (χ3n) is 4.01. The maximum Gasteiger partial charge on any atom is 0.328 e. The topological polar surface area (TPSA) is 84.5 Å². The molecule has 0 aliphatic heterocycles. The molecule has 0 bridgehead atoms. The average Bonchev–Trinajstić information content (AvgIpc) is 3.21. The van der Waals surface area contributed by atoms with Gasteiger partial charge in [-0.1, -0.05) is 25.5 Å². The fraction of sp³-hybridized carbons (Fsp3) is 0.333. The maximum atomic E-state index is 12.3. The van der Waals surface area contributed by atoms with Crippen LogP contribution in [0, 0.1) is 31.6 Å². The third-order valence-corrected chi connectivity index (χ3v) is 4.01. The summed E-state index contributed by atoms with van der Waals surface area (Å²) in [5, 5.41) is 5.20. The van der Waals surface area contributed by atoms with E-state index in [1.54, 1.807) is 25.1 Å². The summed E-state index contributed by atoms with van der Waals surface area (Å²) < 4.78 is 4.96. The minimum Gasteiger partial charge on any atom is -0.464 e. The molecular formula is C21H25N2O4. The zero-order chi connectivity index (χ0) is 19.6. The van der Waals surface area contributed by atoms with E-state index in [1.807, 2.05) is 38.7 Å². The van der Waals surface area contributed by atoms with E-state index in [9.17, 15) is 14.4 Å². The van der Waals surface area contributed by atoms with E-state index >= 15 is 0 Å². The van der Waals surface area contributed by atoms with E-state index in [0.29, 0.717) is 12.0 Å². The second-order valence-electron chi connectivity index (χ2n) is 6.10. The van der Waals surface area contributed by atoms with E-state index in [2.05, 4.69) is 10.6 Å². The molecular weight excluding hydrogens is 344 g/mol. The molecule has 0 aromatic heterocycles. The predicted molar refractivity (Wildman–Crippen MR) is 102 cm³/mol. The van der Waals surface area contributed by atoms with Gasteiger partial charge in [0.1, 0.15) is 6.04 Å². The van der Waals surface area contributed by atoms with Gasteiger partial charge in [-0.25, -0.2) is 4.79 Å². The van der Waals surface area contributed by atoms with Gasteiger partial charge in [-0.3, -0.25) is 9.59 Å². The molecule has 2 amide bonds. The molecule has 143 valence electrons. The van der Waals surface area contributed by atoms with Crippen LogP contribution in [0.25, 0.3) is 0 Å². The number of rotatable bonds is 9. The highest BCUT2D eigenvalue weighted by molar-refractivity contribution is 5.97. The molecule has 0 unspecified atom stereocenters. The molecule has 1 aromatic rings. The summed E-state index contributed by atoms with van der Waals surface area (Å²) in [7, 11) is 0. The lowest BCUT2D eigenvalue weighted by Crippen LogP contribution is -2.46. The van der Waals surface area contributed by atoms with Crippen molar-refractivity contribution in [1.82, 2.24) is 10.6 Å². The van der Waals surface area contributed by atoms with Gasteiger partial charge in [0, 0.05) is 11.5 Å². The molecule has 0 spiro atoms. The van der Waals surface area contributed by atoms with E-state index in [0.717, 1.165) is 17.9 Å². The first-order chi connectivity index (χ1) is 13.0. The van der Waals surface area contributed by atoms with Crippen molar-refractivity contribution in [3.63, 3.8) is 0 Å². The molecule has 1 aliphatic carbocycles. The second-order valence-corrected chi connectivity index (χ2v) is 6.10. The number of amides is 2. The van der Waals surface area contributed by atoms with Crippen molar-refractivity contribution in [2.75, 3.05) is 13.2 Å². The van der Waals surface area contributed by atoms with Crippen molar-refractivity contribution >= 4 is 17.8 Å². The van der Waals surface area contributed by atoms with E-state index in [4.69, 9.17) is 4.74 Å². The molecule has 1 aromatic carbocycles. The lowest BCUT2D eigenvalue weighted by Gasteiger charge is -2.17. The summed E-state index contributed by atoms with van der Waals surface area (Å²) in [4.78, 5) is 36.3. The fourth-order valence-electron chi connectivity index (χ4n) is 2.69.